The Morgan fingerprint density at radius 3 is 2.50 bits per heavy atom. The second-order valence-corrected chi connectivity index (χ2v) is 9.51. The first-order valence-electron chi connectivity index (χ1n) is 12.3. The lowest BCUT2D eigenvalue weighted by Gasteiger charge is -2.20. The van der Waals surface area contributed by atoms with E-state index in [1.165, 1.54) is 0 Å². The van der Waals surface area contributed by atoms with Crippen LogP contribution >= 0.6 is 11.6 Å². The summed E-state index contributed by atoms with van der Waals surface area (Å²) in [6.07, 6.45) is -2.16. The molecule has 1 aliphatic rings. The highest BCUT2D eigenvalue weighted by atomic mass is 35.5. The lowest BCUT2D eigenvalue weighted by Crippen LogP contribution is -2.38. The number of ether oxygens (including phenoxy) is 4. The molecule has 4 atom stereocenters. The van der Waals surface area contributed by atoms with Crippen molar-refractivity contribution in [3.63, 3.8) is 0 Å². The van der Waals surface area contributed by atoms with Crippen LogP contribution in [0.5, 0.6) is 0 Å². The number of aromatic nitrogens is 2. The van der Waals surface area contributed by atoms with E-state index in [2.05, 4.69) is 0 Å². The molecule has 1 saturated heterocycles. The van der Waals surface area contributed by atoms with E-state index < -0.39 is 59.9 Å². The fourth-order valence-corrected chi connectivity index (χ4v) is 4.11. The molecule has 0 unspecified atom stereocenters. The summed E-state index contributed by atoms with van der Waals surface area (Å²) in [5.41, 5.74) is 5.40. The molecule has 0 bridgehead atoms. The molecule has 0 aliphatic carbocycles. The molecule has 2 aromatic carbocycles. The van der Waals surface area contributed by atoms with Crippen molar-refractivity contribution >= 4 is 23.5 Å². The number of hydrogen-bond acceptors (Lipinski definition) is 9. The fraction of sp³-hybridized carbons (Fsp3) is 0.333. The smallest absolute Gasteiger partial charge is 0.330 e. The summed E-state index contributed by atoms with van der Waals surface area (Å²) in [6.45, 7) is -0.145. The van der Waals surface area contributed by atoms with E-state index in [1.807, 2.05) is 11.1 Å². The lowest BCUT2D eigenvalue weighted by atomic mass is 10.1. The van der Waals surface area contributed by atoms with Crippen molar-refractivity contribution in [2.45, 2.75) is 50.5 Å². The minimum absolute atomic E-state index is 0.0378. The summed E-state index contributed by atoms with van der Waals surface area (Å²) < 4.78 is 37.1. The molecule has 11 nitrogen and oxygen atoms in total. The Bertz CT molecular complexity index is 1430. The van der Waals surface area contributed by atoms with Gasteiger partial charge in [0.25, 0.3) is 5.56 Å². The third-order valence-electron chi connectivity index (χ3n) is 6.11. The molecule has 1 aromatic heterocycles. The molecule has 0 spiro atoms. The number of benzene rings is 2. The predicted octanol–water partition coefficient (Wildman–Crippen LogP) is 2.21. The number of rotatable bonds is 11. The van der Waals surface area contributed by atoms with Gasteiger partial charge in [-0.15, -0.1) is 0 Å². The number of halogens is 2. The largest absolute Gasteiger partial charge is 0.462 e. The average molecular weight is 576 g/mol. The Morgan fingerprint density at radius 1 is 1.07 bits per heavy atom. The molecule has 1 fully saturated rings. The van der Waals surface area contributed by atoms with Gasteiger partial charge in [-0.05, 0) is 23.3 Å². The van der Waals surface area contributed by atoms with Crippen molar-refractivity contribution in [1.29, 1.82) is 0 Å². The number of hydrogen-bond donors (Lipinski definition) is 2. The van der Waals surface area contributed by atoms with Crippen LogP contribution in [0.3, 0.4) is 0 Å². The van der Waals surface area contributed by atoms with Crippen molar-refractivity contribution in [3.8, 4) is 0 Å². The highest BCUT2D eigenvalue weighted by Crippen LogP contribution is 2.31. The molecule has 0 saturated carbocycles. The standard InChI is InChI=1S/C27H27ClFN3O8/c28-18-8-6-17(7-9-18)13-37-21-11-23(32-12-19(29)25(34)31-27(32)36)40-22(21)15-39-26(35)20(30)10-24(33)38-14-16-4-2-1-3-5-16/h1-9,12,20-23H,10-11,13-15,30H2,(H,31,34,36)/t20-,21-,22+,23+/m0/s1. The van der Waals surface area contributed by atoms with Gasteiger partial charge in [0.15, 0.2) is 0 Å². The zero-order chi connectivity index (χ0) is 28.6. The van der Waals surface area contributed by atoms with Crippen LogP contribution in [0.15, 0.2) is 70.4 Å². The maximum absolute atomic E-state index is 13.9. The van der Waals surface area contributed by atoms with Gasteiger partial charge in [0.05, 0.1) is 25.3 Å². The second-order valence-electron chi connectivity index (χ2n) is 9.07. The zero-order valence-corrected chi connectivity index (χ0v) is 21.9. The molecule has 0 amide bonds. The van der Waals surface area contributed by atoms with Crippen molar-refractivity contribution in [3.05, 3.63) is 104 Å². The Balaban J connectivity index is 1.36. The monoisotopic (exact) mass is 575 g/mol. The van der Waals surface area contributed by atoms with Gasteiger partial charge in [-0.2, -0.15) is 4.39 Å². The number of esters is 2. The normalized spacial score (nSPS) is 19.2. The predicted molar refractivity (Wildman–Crippen MR) is 140 cm³/mol. The molecule has 1 aliphatic heterocycles. The first-order valence-corrected chi connectivity index (χ1v) is 12.7. The van der Waals surface area contributed by atoms with Crippen LogP contribution in [0.1, 0.15) is 30.2 Å². The third-order valence-corrected chi connectivity index (χ3v) is 6.37. The maximum atomic E-state index is 13.9. The van der Waals surface area contributed by atoms with Crippen LogP contribution in [-0.2, 0) is 41.8 Å². The van der Waals surface area contributed by atoms with Gasteiger partial charge in [-0.25, -0.2) is 4.79 Å². The van der Waals surface area contributed by atoms with Gasteiger partial charge in [-0.1, -0.05) is 54.1 Å². The SMILES string of the molecule is N[C@@H](CC(=O)OCc1ccccc1)C(=O)OC[C@H]1O[C@@H](n2cc(F)c(=O)[nH]c2=O)C[C@@H]1OCc1ccc(Cl)cc1. The lowest BCUT2D eigenvalue weighted by molar-refractivity contribution is -0.157. The summed E-state index contributed by atoms with van der Waals surface area (Å²) in [5.74, 6) is -2.71. The van der Waals surface area contributed by atoms with Crippen molar-refractivity contribution in [2.24, 2.45) is 5.73 Å². The van der Waals surface area contributed by atoms with Gasteiger partial charge in [0.1, 0.15) is 31.6 Å². The summed E-state index contributed by atoms with van der Waals surface area (Å²) in [7, 11) is 0. The molecule has 2 heterocycles. The maximum Gasteiger partial charge on any atom is 0.330 e. The van der Waals surface area contributed by atoms with Crippen LogP contribution in [0.4, 0.5) is 4.39 Å². The highest BCUT2D eigenvalue weighted by Gasteiger charge is 2.39. The molecule has 40 heavy (non-hydrogen) atoms. The van der Waals surface area contributed by atoms with Crippen LogP contribution in [0.2, 0.25) is 5.02 Å². The number of carbonyl (C=O) groups is 2. The van der Waals surface area contributed by atoms with Gasteiger partial charge in [0.2, 0.25) is 5.82 Å². The van der Waals surface area contributed by atoms with Gasteiger partial charge in [0, 0.05) is 11.4 Å². The van der Waals surface area contributed by atoms with Crippen LogP contribution < -0.4 is 17.0 Å². The first-order chi connectivity index (χ1) is 19.2. The Morgan fingerprint density at radius 2 is 1.77 bits per heavy atom. The molecule has 3 N–H and O–H groups in total. The number of nitrogens with one attached hydrogen (secondary N) is 1. The van der Waals surface area contributed by atoms with Crippen LogP contribution in [-0.4, -0.2) is 46.3 Å². The Kier molecular flexibility index (Phi) is 9.83. The molecule has 4 rings (SSSR count). The highest BCUT2D eigenvalue weighted by molar-refractivity contribution is 6.30. The molecular weight excluding hydrogens is 549 g/mol. The van der Waals surface area contributed by atoms with E-state index in [0.29, 0.717) is 5.02 Å². The quantitative estimate of drug-likeness (QED) is 0.328. The topological polar surface area (TPSA) is 152 Å². The molecule has 13 heteroatoms. The fourth-order valence-electron chi connectivity index (χ4n) is 3.99. The minimum atomic E-state index is -1.29. The number of nitrogens with zero attached hydrogens (tertiary/aromatic N) is 1. The molecule has 212 valence electrons. The van der Waals surface area contributed by atoms with Crippen molar-refractivity contribution < 1.29 is 32.9 Å². The van der Waals surface area contributed by atoms with E-state index in [4.69, 9.17) is 36.3 Å². The van der Waals surface area contributed by atoms with Crippen molar-refractivity contribution in [2.75, 3.05) is 6.61 Å². The number of aromatic amines is 1. The third kappa shape index (κ3) is 7.85. The summed E-state index contributed by atoms with van der Waals surface area (Å²) in [6, 6.07) is 14.7. The van der Waals surface area contributed by atoms with Crippen LogP contribution in [0, 0.1) is 5.82 Å². The first kappa shape index (κ1) is 29.2. The van der Waals surface area contributed by atoms with E-state index in [9.17, 15) is 23.6 Å². The Hall–Kier alpha value is -3.84. The van der Waals surface area contributed by atoms with Crippen molar-refractivity contribution in [1.82, 2.24) is 9.55 Å². The van der Waals surface area contributed by atoms with Gasteiger partial charge in [-0.3, -0.25) is 23.9 Å². The van der Waals surface area contributed by atoms with E-state index in [1.54, 1.807) is 48.5 Å². The van der Waals surface area contributed by atoms with E-state index in [-0.39, 0.29) is 26.2 Å². The summed E-state index contributed by atoms with van der Waals surface area (Å²) in [5, 5.41) is 0.553. The van der Waals surface area contributed by atoms with Crippen LogP contribution in [0.25, 0.3) is 0 Å². The zero-order valence-electron chi connectivity index (χ0n) is 21.2. The summed E-state index contributed by atoms with van der Waals surface area (Å²) >= 11 is 5.92. The number of carbonyl (C=O) groups excluding carboxylic acids is 2. The number of nitrogens with two attached hydrogens (primary N) is 1. The minimum Gasteiger partial charge on any atom is -0.462 e. The average Bonchev–Trinajstić information content (AvgIpc) is 3.35. The molecular formula is C27H27ClFN3O8. The summed E-state index contributed by atoms with van der Waals surface area (Å²) in [4.78, 5) is 50.2. The van der Waals surface area contributed by atoms with E-state index in [0.717, 1.165) is 21.9 Å². The molecule has 0 radical (unpaired) electrons. The second kappa shape index (κ2) is 13.5. The van der Waals surface area contributed by atoms with E-state index >= 15 is 0 Å². The Labute approximate surface area is 232 Å². The molecule has 3 aromatic rings. The van der Waals surface area contributed by atoms with Gasteiger partial charge >= 0.3 is 17.6 Å². The van der Waals surface area contributed by atoms with Gasteiger partial charge < -0.3 is 24.7 Å². The number of H-pyrrole nitrogens is 1.